The molecule has 2 fully saturated rings. The van der Waals surface area contributed by atoms with Crippen LogP contribution in [0.2, 0.25) is 0 Å². The lowest BCUT2D eigenvalue weighted by Crippen LogP contribution is -2.33. The van der Waals surface area contributed by atoms with Crippen LogP contribution in [0.3, 0.4) is 0 Å². The maximum absolute atomic E-state index is 4.68. The Morgan fingerprint density at radius 3 is 2.84 bits per heavy atom. The third-order valence-corrected chi connectivity index (χ3v) is 4.33. The second-order valence-corrected chi connectivity index (χ2v) is 6.07. The second kappa shape index (κ2) is 5.91. The normalized spacial score (nSPS) is 24.3. The van der Waals surface area contributed by atoms with Gasteiger partial charge in [-0.1, -0.05) is 18.9 Å². The van der Waals surface area contributed by atoms with Gasteiger partial charge in [0.05, 0.1) is 0 Å². The van der Waals surface area contributed by atoms with Crippen molar-refractivity contribution in [2.45, 2.75) is 64.1 Å². The third-order valence-electron chi connectivity index (χ3n) is 4.33. The zero-order chi connectivity index (χ0) is 13.1. The molecule has 1 aliphatic heterocycles. The van der Waals surface area contributed by atoms with Crippen molar-refractivity contribution in [3.05, 3.63) is 23.9 Å². The fourth-order valence-electron chi connectivity index (χ4n) is 2.86. The van der Waals surface area contributed by atoms with E-state index in [4.69, 9.17) is 0 Å². The summed E-state index contributed by atoms with van der Waals surface area (Å²) in [6.45, 7) is 4.46. The van der Waals surface area contributed by atoms with Gasteiger partial charge in [0.25, 0.3) is 0 Å². The van der Waals surface area contributed by atoms with Crippen molar-refractivity contribution >= 4 is 5.82 Å². The summed E-state index contributed by atoms with van der Waals surface area (Å²) in [7, 11) is 0. The molecule has 0 spiro atoms. The van der Waals surface area contributed by atoms with E-state index >= 15 is 0 Å². The lowest BCUT2D eigenvalue weighted by Gasteiger charge is -2.28. The van der Waals surface area contributed by atoms with Crippen LogP contribution >= 0.6 is 0 Å². The summed E-state index contributed by atoms with van der Waals surface area (Å²) < 4.78 is 0. The molecule has 0 bridgehead atoms. The van der Waals surface area contributed by atoms with Crippen LogP contribution in [-0.4, -0.2) is 23.6 Å². The van der Waals surface area contributed by atoms with Crippen LogP contribution in [0.15, 0.2) is 18.3 Å². The van der Waals surface area contributed by atoms with E-state index in [1.807, 2.05) is 6.20 Å². The quantitative estimate of drug-likeness (QED) is 0.900. The second-order valence-electron chi connectivity index (χ2n) is 6.07. The summed E-state index contributed by atoms with van der Waals surface area (Å²) in [5.74, 6) is 1.16. The van der Waals surface area contributed by atoms with Crippen LogP contribution < -0.4 is 10.2 Å². The molecule has 0 aromatic carbocycles. The molecule has 1 unspecified atom stereocenters. The molecule has 1 atom stereocenters. The van der Waals surface area contributed by atoms with Gasteiger partial charge in [0.2, 0.25) is 0 Å². The van der Waals surface area contributed by atoms with Crippen molar-refractivity contribution in [3.63, 3.8) is 0 Å². The standard InChI is InChI=1S/C16H25N3/c1-13-5-3-2-4-10-19(13)16-9-6-14(12-18-16)11-17-15-7-8-15/h6,9,12-13,15,17H,2-5,7-8,10-11H2,1H3. The van der Waals surface area contributed by atoms with Gasteiger partial charge in [0.15, 0.2) is 0 Å². The zero-order valence-corrected chi connectivity index (χ0v) is 11.9. The van der Waals surface area contributed by atoms with Gasteiger partial charge >= 0.3 is 0 Å². The molecule has 19 heavy (non-hydrogen) atoms. The number of hydrogen-bond donors (Lipinski definition) is 1. The lowest BCUT2D eigenvalue weighted by molar-refractivity contribution is 0.610. The van der Waals surface area contributed by atoms with Crippen molar-refractivity contribution in [2.24, 2.45) is 0 Å². The Morgan fingerprint density at radius 1 is 1.21 bits per heavy atom. The minimum Gasteiger partial charge on any atom is -0.354 e. The van der Waals surface area contributed by atoms with Gasteiger partial charge in [-0.2, -0.15) is 0 Å². The summed E-state index contributed by atoms with van der Waals surface area (Å²) in [6, 6.07) is 5.83. The van der Waals surface area contributed by atoms with E-state index in [0.29, 0.717) is 6.04 Å². The van der Waals surface area contributed by atoms with Crippen molar-refractivity contribution in [3.8, 4) is 0 Å². The summed E-state index contributed by atoms with van der Waals surface area (Å²) in [6.07, 6.45) is 10.1. The van der Waals surface area contributed by atoms with E-state index < -0.39 is 0 Å². The smallest absolute Gasteiger partial charge is 0.128 e. The Bertz CT molecular complexity index is 397. The number of hydrogen-bond acceptors (Lipinski definition) is 3. The Balaban J connectivity index is 1.62. The van der Waals surface area contributed by atoms with Crippen LogP contribution in [0, 0.1) is 0 Å². The van der Waals surface area contributed by atoms with Crippen molar-refractivity contribution < 1.29 is 0 Å². The molecule has 0 amide bonds. The number of pyridine rings is 1. The Hall–Kier alpha value is -1.09. The summed E-state index contributed by atoms with van der Waals surface area (Å²) in [5.41, 5.74) is 1.30. The van der Waals surface area contributed by atoms with Crippen LogP contribution in [0.4, 0.5) is 5.82 Å². The topological polar surface area (TPSA) is 28.2 Å². The number of nitrogens with one attached hydrogen (secondary N) is 1. The zero-order valence-electron chi connectivity index (χ0n) is 11.9. The predicted octanol–water partition coefficient (Wildman–Crippen LogP) is 3.10. The van der Waals surface area contributed by atoms with Gasteiger partial charge < -0.3 is 10.2 Å². The molecule has 1 aliphatic carbocycles. The molecule has 3 nitrogen and oxygen atoms in total. The molecule has 2 heterocycles. The highest BCUT2D eigenvalue weighted by Crippen LogP contribution is 2.23. The lowest BCUT2D eigenvalue weighted by atomic mass is 10.1. The summed E-state index contributed by atoms with van der Waals surface area (Å²) >= 11 is 0. The van der Waals surface area contributed by atoms with E-state index in [1.54, 1.807) is 0 Å². The van der Waals surface area contributed by atoms with E-state index in [2.05, 4.69) is 34.3 Å². The number of anilines is 1. The molecule has 2 aliphatic rings. The molecular formula is C16H25N3. The van der Waals surface area contributed by atoms with Gasteiger partial charge in [-0.05, 0) is 44.2 Å². The molecule has 3 rings (SSSR count). The van der Waals surface area contributed by atoms with Gasteiger partial charge in [-0.15, -0.1) is 0 Å². The van der Waals surface area contributed by atoms with Crippen LogP contribution in [-0.2, 0) is 6.54 Å². The Kier molecular flexibility index (Phi) is 4.02. The van der Waals surface area contributed by atoms with Crippen LogP contribution in [0.25, 0.3) is 0 Å². The molecule has 1 saturated carbocycles. The maximum atomic E-state index is 4.68. The first-order chi connectivity index (χ1) is 9.33. The van der Waals surface area contributed by atoms with Crippen LogP contribution in [0.5, 0.6) is 0 Å². The molecule has 3 heteroatoms. The number of rotatable bonds is 4. The molecule has 1 aromatic heterocycles. The van der Waals surface area contributed by atoms with E-state index in [1.165, 1.54) is 44.1 Å². The first-order valence-electron chi connectivity index (χ1n) is 7.78. The Labute approximate surface area is 116 Å². The van der Waals surface area contributed by atoms with E-state index in [9.17, 15) is 0 Å². The van der Waals surface area contributed by atoms with Gasteiger partial charge in [0, 0.05) is 31.4 Å². The maximum Gasteiger partial charge on any atom is 0.128 e. The van der Waals surface area contributed by atoms with Gasteiger partial charge in [0.1, 0.15) is 5.82 Å². The minimum atomic E-state index is 0.630. The van der Waals surface area contributed by atoms with Crippen molar-refractivity contribution in [1.82, 2.24) is 10.3 Å². The first-order valence-corrected chi connectivity index (χ1v) is 7.78. The number of nitrogens with zero attached hydrogens (tertiary/aromatic N) is 2. The summed E-state index contributed by atoms with van der Waals surface area (Å²) in [4.78, 5) is 7.16. The molecular weight excluding hydrogens is 234 g/mol. The third kappa shape index (κ3) is 3.47. The average Bonchev–Trinajstić information content (AvgIpc) is 3.25. The highest BCUT2D eigenvalue weighted by atomic mass is 15.2. The van der Waals surface area contributed by atoms with E-state index in [-0.39, 0.29) is 0 Å². The summed E-state index contributed by atoms with van der Waals surface area (Å²) in [5, 5.41) is 3.54. The van der Waals surface area contributed by atoms with E-state index in [0.717, 1.165) is 24.9 Å². The van der Waals surface area contributed by atoms with Gasteiger partial charge in [-0.25, -0.2) is 4.98 Å². The predicted molar refractivity (Wildman–Crippen MR) is 79.4 cm³/mol. The number of aromatic nitrogens is 1. The SMILES string of the molecule is CC1CCCCCN1c1ccc(CNC2CC2)cn1. The van der Waals surface area contributed by atoms with Crippen molar-refractivity contribution in [1.29, 1.82) is 0 Å². The molecule has 1 N–H and O–H groups in total. The largest absolute Gasteiger partial charge is 0.354 e. The molecule has 1 saturated heterocycles. The average molecular weight is 259 g/mol. The first kappa shape index (κ1) is 12.9. The van der Waals surface area contributed by atoms with Crippen LogP contribution in [0.1, 0.15) is 51.0 Å². The minimum absolute atomic E-state index is 0.630. The van der Waals surface area contributed by atoms with Gasteiger partial charge in [-0.3, -0.25) is 0 Å². The van der Waals surface area contributed by atoms with Crippen molar-refractivity contribution in [2.75, 3.05) is 11.4 Å². The highest BCUT2D eigenvalue weighted by Gasteiger charge is 2.20. The monoisotopic (exact) mass is 259 g/mol. The molecule has 1 aromatic rings. The fraction of sp³-hybridized carbons (Fsp3) is 0.688. The Morgan fingerprint density at radius 2 is 2.11 bits per heavy atom. The molecule has 104 valence electrons. The molecule has 0 radical (unpaired) electrons. The highest BCUT2D eigenvalue weighted by molar-refractivity contribution is 5.40. The fourth-order valence-corrected chi connectivity index (χ4v) is 2.86.